The van der Waals surface area contributed by atoms with Crippen LogP contribution in [0.2, 0.25) is 0 Å². The lowest BCUT2D eigenvalue weighted by atomic mass is 9.39. The Hall–Kier alpha value is -3.68. The number of anilines is 1. The molecule has 0 saturated heterocycles. The molecule has 2 aromatic rings. The average molecular weight is 677 g/mol. The smallest absolute Gasteiger partial charge is 0.505 e. The Balaban J connectivity index is 1.58. The molecule has 262 valence electrons. The molecule has 0 radical (unpaired) electrons. The van der Waals surface area contributed by atoms with Crippen molar-refractivity contribution in [1.82, 2.24) is 0 Å². The zero-order valence-corrected chi connectivity index (χ0v) is 27.7. The van der Waals surface area contributed by atoms with E-state index in [1.54, 1.807) is 33.8 Å². The molecule has 8 atom stereocenters. The first-order valence-corrected chi connectivity index (χ1v) is 16.0. The highest BCUT2D eigenvalue weighted by Gasteiger charge is 2.76. The molecule has 2 fully saturated rings. The molecule has 0 aromatic heterocycles. The van der Waals surface area contributed by atoms with Crippen molar-refractivity contribution in [3.8, 4) is 11.5 Å². The molecule has 2 unspecified atom stereocenters. The van der Waals surface area contributed by atoms with E-state index in [9.17, 15) is 48.0 Å². The number of aromatic hydroxyl groups is 1. The quantitative estimate of drug-likeness (QED) is 0.185. The van der Waals surface area contributed by atoms with E-state index in [0.29, 0.717) is 11.1 Å². The summed E-state index contributed by atoms with van der Waals surface area (Å²) in [7, 11) is 0. The van der Waals surface area contributed by atoms with Gasteiger partial charge in [0, 0.05) is 12.0 Å². The van der Waals surface area contributed by atoms with Crippen LogP contribution in [0.1, 0.15) is 80.9 Å². The number of halogens is 3. The van der Waals surface area contributed by atoms with Crippen LogP contribution in [0.4, 0.5) is 18.9 Å². The minimum atomic E-state index is -4.84. The Morgan fingerprint density at radius 3 is 2.23 bits per heavy atom. The summed E-state index contributed by atoms with van der Waals surface area (Å²) in [5, 5.41) is 50.3. The number of carbonyl (C=O) groups excluding carboxylic acids is 3. The predicted octanol–water partition coefficient (Wildman–Crippen LogP) is 4.21. The third kappa shape index (κ3) is 5.34. The normalized spacial score (nSPS) is 33.2. The van der Waals surface area contributed by atoms with Crippen LogP contribution in [-0.2, 0) is 22.6 Å². The van der Waals surface area contributed by atoms with Gasteiger partial charge >= 0.3 is 6.36 Å². The minimum absolute atomic E-state index is 0.0346. The molecule has 0 aliphatic heterocycles. The van der Waals surface area contributed by atoms with Crippen LogP contribution in [0, 0.1) is 34.5 Å². The number of Topliss-reactive ketones (excluding diaryl/α,β-unsaturated/α-hetero) is 2. The minimum Gasteiger partial charge on any atom is -0.505 e. The largest absolute Gasteiger partial charge is 0.573 e. The average Bonchev–Trinajstić information content (AvgIpc) is 2.94. The Kier molecular flexibility index (Phi) is 8.71. The third-order valence-electron chi connectivity index (χ3n) is 11.1. The maximum Gasteiger partial charge on any atom is 0.573 e. The number of alkyl halides is 3. The van der Waals surface area contributed by atoms with Crippen molar-refractivity contribution >= 4 is 23.2 Å². The lowest BCUT2D eigenvalue weighted by Crippen LogP contribution is -2.79. The summed E-state index contributed by atoms with van der Waals surface area (Å²) in [4.78, 5) is 40.9. The Morgan fingerprint density at radius 1 is 1.10 bits per heavy atom. The molecule has 2 saturated carbocycles. The first-order valence-electron chi connectivity index (χ1n) is 16.0. The van der Waals surface area contributed by atoms with Crippen LogP contribution in [0.3, 0.4) is 0 Å². The summed E-state index contributed by atoms with van der Waals surface area (Å²) in [6, 6.07) is 6.87. The zero-order valence-electron chi connectivity index (χ0n) is 27.7. The molecule has 10 nitrogen and oxygen atoms in total. The molecule has 3 aliphatic rings. The maximum absolute atomic E-state index is 14.5. The van der Waals surface area contributed by atoms with Gasteiger partial charge in [0.1, 0.15) is 23.5 Å². The number of hydrogen-bond donors (Lipinski definition) is 6. The summed E-state index contributed by atoms with van der Waals surface area (Å²) in [6.45, 7) is 10.9. The monoisotopic (exact) mass is 676 g/mol. The highest BCUT2D eigenvalue weighted by atomic mass is 19.4. The van der Waals surface area contributed by atoms with E-state index in [1.165, 1.54) is 12.1 Å². The zero-order chi connectivity index (χ0) is 35.9. The second kappa shape index (κ2) is 11.7. The Labute approximate surface area is 276 Å². The van der Waals surface area contributed by atoms with E-state index in [-0.39, 0.29) is 42.5 Å². The fraction of sp³-hybridized carbons (Fsp3) is 0.571. The van der Waals surface area contributed by atoms with Crippen LogP contribution < -0.4 is 15.8 Å². The Bertz CT molecular complexity index is 1640. The predicted molar refractivity (Wildman–Crippen MR) is 168 cm³/mol. The molecule has 1 amide bonds. The molecule has 7 N–H and O–H groups in total. The lowest BCUT2D eigenvalue weighted by Gasteiger charge is -2.66. The summed E-state index contributed by atoms with van der Waals surface area (Å²) < 4.78 is 41.6. The first-order chi connectivity index (χ1) is 22.1. The number of benzene rings is 2. The van der Waals surface area contributed by atoms with Gasteiger partial charge in [0.05, 0.1) is 23.3 Å². The number of amides is 1. The lowest BCUT2D eigenvalue weighted by molar-refractivity contribution is -0.274. The van der Waals surface area contributed by atoms with Crippen molar-refractivity contribution < 1.29 is 52.7 Å². The van der Waals surface area contributed by atoms with E-state index in [1.807, 2.05) is 13.8 Å². The number of aliphatic hydroxyl groups excluding tert-OH is 2. The Morgan fingerprint density at radius 2 is 1.71 bits per heavy atom. The standard InChI is InChI=1S/C35H43F3N2O8/c1-15(2)19-11-21(40-13-17-7-9-18(10-8-17)48-35(36,37)38)26(41)22-20(19)12-32(5)14-33(6)24(16(3)4)28(43)23(31(39)46)29(44)34(33,47)30(45)25(32)27(22)42/h7-11,15-16,23-25,28,30,40-41,43,45,47H,12-14H2,1-6H3,(H2,39,46)/t23-,24+,25-,28?,30?,32-,33-,34+/m1/s1. The summed E-state index contributed by atoms with van der Waals surface area (Å²) in [5.74, 6) is -8.28. The van der Waals surface area contributed by atoms with Crippen molar-refractivity contribution in [1.29, 1.82) is 0 Å². The molecule has 0 heterocycles. The van der Waals surface area contributed by atoms with Gasteiger partial charge in [0.2, 0.25) is 5.91 Å². The SMILES string of the molecule is CC(C)c1cc(NCc2ccc(OC(F)(F)F)cc2)c(O)c2c1C[C@]1(C)C[C@]3(C)[C@@H](C(C)C)C(O)[C@@H](C(N)=O)C(=O)[C@]3(O)C(O)[C@H]1C2=O. The number of ketones is 2. The molecule has 2 aromatic carbocycles. The number of nitrogens with two attached hydrogens (primary N) is 1. The molecule has 0 bridgehead atoms. The van der Waals surface area contributed by atoms with Crippen LogP contribution in [0.5, 0.6) is 11.5 Å². The van der Waals surface area contributed by atoms with E-state index >= 15 is 0 Å². The van der Waals surface area contributed by atoms with Gasteiger partial charge in [0.15, 0.2) is 17.2 Å². The summed E-state index contributed by atoms with van der Waals surface area (Å²) >= 11 is 0. The summed E-state index contributed by atoms with van der Waals surface area (Å²) in [6.07, 6.45) is -8.13. The van der Waals surface area contributed by atoms with E-state index < -0.39 is 81.7 Å². The van der Waals surface area contributed by atoms with Gasteiger partial charge in [-0.05, 0) is 70.9 Å². The molecule has 0 spiro atoms. The first kappa shape index (κ1) is 35.6. The van der Waals surface area contributed by atoms with E-state index in [0.717, 1.165) is 17.7 Å². The van der Waals surface area contributed by atoms with Crippen molar-refractivity contribution in [2.24, 2.45) is 40.2 Å². The number of primary amides is 1. The molecular weight excluding hydrogens is 633 g/mol. The molecule has 13 heteroatoms. The van der Waals surface area contributed by atoms with Gasteiger partial charge in [-0.3, -0.25) is 14.4 Å². The van der Waals surface area contributed by atoms with Crippen molar-refractivity contribution in [3.05, 3.63) is 52.6 Å². The number of fused-ring (bicyclic) bond motifs is 3. The fourth-order valence-electron chi connectivity index (χ4n) is 9.28. The number of rotatable bonds is 7. The maximum atomic E-state index is 14.5. The van der Waals surface area contributed by atoms with Crippen LogP contribution >= 0.6 is 0 Å². The van der Waals surface area contributed by atoms with Gasteiger partial charge in [-0.15, -0.1) is 13.2 Å². The van der Waals surface area contributed by atoms with E-state index in [2.05, 4.69) is 10.1 Å². The fourth-order valence-corrected chi connectivity index (χ4v) is 9.28. The van der Waals surface area contributed by atoms with Crippen molar-refractivity contribution in [2.45, 2.75) is 91.0 Å². The molecule has 5 rings (SSSR count). The van der Waals surface area contributed by atoms with Crippen LogP contribution in [-0.4, -0.2) is 62.1 Å². The van der Waals surface area contributed by atoms with Crippen molar-refractivity contribution in [3.63, 3.8) is 0 Å². The topological polar surface area (TPSA) is 179 Å². The van der Waals surface area contributed by atoms with Gasteiger partial charge in [-0.2, -0.15) is 0 Å². The molecule has 48 heavy (non-hydrogen) atoms. The number of hydrogen-bond acceptors (Lipinski definition) is 9. The van der Waals surface area contributed by atoms with Crippen LogP contribution in [0.25, 0.3) is 0 Å². The third-order valence-corrected chi connectivity index (χ3v) is 11.1. The van der Waals surface area contributed by atoms with Gasteiger partial charge in [-0.1, -0.05) is 53.7 Å². The van der Waals surface area contributed by atoms with Crippen molar-refractivity contribution in [2.75, 3.05) is 5.32 Å². The number of nitrogens with one attached hydrogen (secondary N) is 1. The molecular formula is C35H43F3N2O8. The van der Waals surface area contributed by atoms with Gasteiger partial charge in [-0.25, -0.2) is 0 Å². The van der Waals surface area contributed by atoms with E-state index in [4.69, 9.17) is 5.73 Å². The number of phenolic OH excluding ortho intramolecular Hbond substituents is 1. The second-order valence-electron chi connectivity index (χ2n) is 14.9. The highest BCUT2D eigenvalue weighted by molar-refractivity contribution is 6.09. The number of carbonyl (C=O) groups is 3. The number of aliphatic hydroxyl groups is 3. The molecule has 3 aliphatic carbocycles. The number of phenols is 1. The number of ether oxygens (including phenoxy) is 1. The highest BCUT2D eigenvalue weighted by Crippen LogP contribution is 2.66. The van der Waals surface area contributed by atoms with Gasteiger partial charge < -0.3 is 36.2 Å². The van der Waals surface area contributed by atoms with Gasteiger partial charge in [0.25, 0.3) is 0 Å². The second-order valence-corrected chi connectivity index (χ2v) is 14.9. The summed E-state index contributed by atoms with van der Waals surface area (Å²) in [5.41, 5.74) is 2.37. The van der Waals surface area contributed by atoms with Crippen LogP contribution in [0.15, 0.2) is 30.3 Å².